The molecule has 0 fully saturated rings. The van der Waals surface area contributed by atoms with Gasteiger partial charge in [0.05, 0.1) is 12.7 Å². The number of hydrogen-bond acceptors (Lipinski definition) is 7. The van der Waals surface area contributed by atoms with Crippen molar-refractivity contribution < 1.29 is 33.4 Å². The van der Waals surface area contributed by atoms with Crippen molar-refractivity contribution in [3.63, 3.8) is 0 Å². The first-order valence-electron chi connectivity index (χ1n) is 7.32. The van der Waals surface area contributed by atoms with Crippen LogP contribution in [-0.4, -0.2) is 47.0 Å². The molecule has 0 spiro atoms. The number of amides is 2. The van der Waals surface area contributed by atoms with Gasteiger partial charge in [-0.3, -0.25) is 0 Å². The van der Waals surface area contributed by atoms with Crippen molar-refractivity contribution in [1.82, 2.24) is 15.6 Å². The fourth-order valence-corrected chi connectivity index (χ4v) is 1.57. The van der Waals surface area contributed by atoms with E-state index < -0.39 is 35.6 Å². The minimum absolute atomic E-state index is 0.0121. The molecule has 10 heteroatoms. The molecule has 0 aliphatic heterocycles. The molecule has 10 nitrogen and oxygen atoms in total. The third-order valence-electron chi connectivity index (χ3n) is 2.51. The van der Waals surface area contributed by atoms with Gasteiger partial charge in [0.2, 0.25) is 11.7 Å². The highest BCUT2D eigenvalue weighted by Gasteiger charge is 2.25. The monoisotopic (exact) mass is 355 g/mol. The average molecular weight is 355 g/mol. The van der Waals surface area contributed by atoms with Gasteiger partial charge in [-0.2, -0.15) is 0 Å². The van der Waals surface area contributed by atoms with Gasteiger partial charge in [-0.05, 0) is 20.8 Å². The van der Waals surface area contributed by atoms with Crippen LogP contribution < -0.4 is 10.6 Å². The number of carboxylic acids is 1. The van der Waals surface area contributed by atoms with Crippen LogP contribution in [0.1, 0.15) is 43.3 Å². The average Bonchev–Trinajstić information content (AvgIpc) is 2.97. The molecule has 25 heavy (non-hydrogen) atoms. The second-order valence-electron chi connectivity index (χ2n) is 5.83. The first-order valence-corrected chi connectivity index (χ1v) is 7.32. The van der Waals surface area contributed by atoms with E-state index in [1.54, 1.807) is 20.8 Å². The van der Waals surface area contributed by atoms with Crippen LogP contribution in [0.3, 0.4) is 0 Å². The fraction of sp³-hybridized carbons (Fsp3) is 0.467. The Bertz CT molecular complexity index is 633. The largest absolute Gasteiger partial charge is 0.475 e. The van der Waals surface area contributed by atoms with Crippen molar-refractivity contribution in [3.05, 3.63) is 30.5 Å². The van der Waals surface area contributed by atoms with Crippen LogP contribution >= 0.6 is 0 Å². The quantitative estimate of drug-likeness (QED) is 0.629. The van der Waals surface area contributed by atoms with Crippen LogP contribution in [0.5, 0.6) is 0 Å². The Kier molecular flexibility index (Phi) is 6.97. The summed E-state index contributed by atoms with van der Waals surface area (Å²) in [7, 11) is 0. The predicted octanol–water partition coefficient (Wildman–Crippen LogP) is 1.85. The summed E-state index contributed by atoms with van der Waals surface area (Å²) in [5, 5.41) is 13.7. The molecular weight excluding hydrogens is 334 g/mol. The molecule has 1 atom stereocenters. The molecule has 0 aliphatic rings. The van der Waals surface area contributed by atoms with Gasteiger partial charge in [-0.1, -0.05) is 12.7 Å². The minimum atomic E-state index is -1.31. The van der Waals surface area contributed by atoms with E-state index in [9.17, 15) is 14.4 Å². The Morgan fingerprint density at radius 2 is 2.08 bits per heavy atom. The molecule has 0 saturated carbocycles. The van der Waals surface area contributed by atoms with Gasteiger partial charge in [-0.15, -0.1) is 0 Å². The molecule has 0 saturated heterocycles. The van der Waals surface area contributed by atoms with Gasteiger partial charge >= 0.3 is 18.2 Å². The fourth-order valence-electron chi connectivity index (χ4n) is 1.57. The normalized spacial score (nSPS) is 12.0. The lowest BCUT2D eigenvalue weighted by Crippen LogP contribution is -2.40. The zero-order valence-corrected chi connectivity index (χ0v) is 14.2. The number of aromatic carboxylic acids is 1. The Morgan fingerprint density at radius 3 is 2.60 bits per heavy atom. The third-order valence-corrected chi connectivity index (χ3v) is 2.51. The summed E-state index contributed by atoms with van der Waals surface area (Å²) in [6.07, 6.45) is 0.857. The molecule has 2 amide bonds. The summed E-state index contributed by atoms with van der Waals surface area (Å²) < 4.78 is 14.9. The number of carboxylic acid groups (broad SMARTS) is 1. The van der Waals surface area contributed by atoms with E-state index in [0.29, 0.717) is 0 Å². The SMILES string of the molecule is C=CCOC(=O)NC[C@H](NC(=O)OC(C)(C)C)c1ncc(C(=O)O)o1. The van der Waals surface area contributed by atoms with Crippen LogP contribution in [0.25, 0.3) is 0 Å². The molecule has 0 unspecified atom stereocenters. The standard InChI is InChI=1S/C15H21N3O7/c1-5-6-23-13(21)17-7-9(18-14(22)25-15(2,3)4)11-16-8-10(24-11)12(19)20/h5,8-9H,1,6-7H2,2-4H3,(H,17,21)(H,18,22)(H,19,20)/t9-/m0/s1. The van der Waals surface area contributed by atoms with Gasteiger partial charge < -0.3 is 29.6 Å². The zero-order chi connectivity index (χ0) is 19.0. The number of alkyl carbamates (subject to hydrolysis) is 2. The molecule has 0 aliphatic carbocycles. The van der Waals surface area contributed by atoms with E-state index in [2.05, 4.69) is 22.2 Å². The van der Waals surface area contributed by atoms with Gasteiger partial charge in [0, 0.05) is 0 Å². The number of nitrogens with one attached hydrogen (secondary N) is 2. The van der Waals surface area contributed by atoms with Crippen molar-refractivity contribution in [3.8, 4) is 0 Å². The number of carbonyl (C=O) groups excluding carboxylic acids is 2. The van der Waals surface area contributed by atoms with Crippen LogP contribution in [0, 0.1) is 0 Å². The summed E-state index contributed by atoms with van der Waals surface area (Å²) in [6.45, 7) is 8.31. The lowest BCUT2D eigenvalue weighted by molar-refractivity contribution is 0.0493. The Balaban J connectivity index is 2.81. The first-order chi connectivity index (χ1) is 11.6. The molecule has 1 aromatic heterocycles. The number of ether oxygens (including phenoxy) is 2. The van der Waals surface area contributed by atoms with Crippen molar-refractivity contribution in [2.24, 2.45) is 0 Å². The highest BCUT2D eigenvalue weighted by atomic mass is 16.6. The van der Waals surface area contributed by atoms with Crippen molar-refractivity contribution in [1.29, 1.82) is 0 Å². The molecule has 0 aromatic carbocycles. The van der Waals surface area contributed by atoms with Crippen LogP contribution in [0.15, 0.2) is 23.3 Å². The number of carbonyl (C=O) groups is 3. The van der Waals surface area contributed by atoms with E-state index >= 15 is 0 Å². The van der Waals surface area contributed by atoms with Gasteiger partial charge in [0.15, 0.2) is 0 Å². The zero-order valence-electron chi connectivity index (χ0n) is 14.2. The third kappa shape index (κ3) is 7.38. The summed E-state index contributed by atoms with van der Waals surface area (Å²) in [5.41, 5.74) is -0.742. The maximum Gasteiger partial charge on any atom is 0.408 e. The first kappa shape index (κ1) is 20.0. The smallest absolute Gasteiger partial charge is 0.408 e. The van der Waals surface area contributed by atoms with E-state index in [1.165, 1.54) is 6.08 Å². The second-order valence-corrected chi connectivity index (χ2v) is 5.83. The highest BCUT2D eigenvalue weighted by molar-refractivity contribution is 5.83. The lowest BCUT2D eigenvalue weighted by Gasteiger charge is -2.22. The Morgan fingerprint density at radius 1 is 1.40 bits per heavy atom. The van der Waals surface area contributed by atoms with Crippen LogP contribution in [-0.2, 0) is 9.47 Å². The van der Waals surface area contributed by atoms with Crippen LogP contribution in [0.4, 0.5) is 9.59 Å². The Hall–Kier alpha value is -3.04. The summed E-state index contributed by atoms with van der Waals surface area (Å²) in [4.78, 5) is 38.1. The molecule has 0 radical (unpaired) electrons. The number of nitrogens with zero attached hydrogens (tertiary/aromatic N) is 1. The summed E-state index contributed by atoms with van der Waals surface area (Å²) in [5.74, 6) is -1.82. The maximum absolute atomic E-state index is 11.9. The molecule has 1 rings (SSSR count). The van der Waals surface area contributed by atoms with Crippen molar-refractivity contribution in [2.45, 2.75) is 32.4 Å². The second kappa shape index (κ2) is 8.71. The number of aromatic nitrogens is 1. The van der Waals surface area contributed by atoms with E-state index in [-0.39, 0.29) is 19.0 Å². The summed E-state index contributed by atoms with van der Waals surface area (Å²) in [6, 6.07) is -0.959. The van der Waals surface area contributed by atoms with E-state index in [1.807, 2.05) is 0 Å². The van der Waals surface area contributed by atoms with E-state index in [0.717, 1.165) is 6.20 Å². The van der Waals surface area contributed by atoms with E-state index in [4.69, 9.17) is 19.0 Å². The van der Waals surface area contributed by atoms with Crippen molar-refractivity contribution in [2.75, 3.05) is 13.2 Å². The highest BCUT2D eigenvalue weighted by Crippen LogP contribution is 2.15. The molecule has 1 aromatic rings. The van der Waals surface area contributed by atoms with Gasteiger partial charge in [0.1, 0.15) is 18.2 Å². The van der Waals surface area contributed by atoms with Gasteiger partial charge in [0.25, 0.3) is 0 Å². The van der Waals surface area contributed by atoms with Crippen LogP contribution in [0.2, 0.25) is 0 Å². The number of oxazole rings is 1. The molecule has 0 bridgehead atoms. The molecule has 3 N–H and O–H groups in total. The molecule has 1 heterocycles. The maximum atomic E-state index is 11.9. The molecular formula is C15H21N3O7. The molecule has 138 valence electrons. The summed E-state index contributed by atoms with van der Waals surface area (Å²) >= 11 is 0. The number of rotatable bonds is 7. The van der Waals surface area contributed by atoms with Gasteiger partial charge in [-0.25, -0.2) is 19.4 Å². The lowest BCUT2D eigenvalue weighted by atomic mass is 10.2. The number of hydrogen-bond donors (Lipinski definition) is 3. The van der Waals surface area contributed by atoms with Crippen molar-refractivity contribution >= 4 is 18.2 Å². The Labute approximate surface area is 144 Å². The topological polar surface area (TPSA) is 140 Å². The minimum Gasteiger partial charge on any atom is -0.475 e. The predicted molar refractivity (Wildman–Crippen MR) is 85.1 cm³/mol.